The Morgan fingerprint density at radius 1 is 1.40 bits per heavy atom. The van der Waals surface area contributed by atoms with Crippen LogP contribution in [0, 0.1) is 0 Å². The highest BCUT2D eigenvalue weighted by Gasteiger charge is 1.92. The van der Waals surface area contributed by atoms with Gasteiger partial charge in [0.1, 0.15) is 5.78 Å². The number of hydrogen-bond donors (Lipinski definition) is 1. The molecular formula is C7H14ClNO. The topological polar surface area (TPSA) is 29.1 Å². The average molecular weight is 164 g/mol. The van der Waals surface area contributed by atoms with Crippen LogP contribution < -0.4 is 4.84 Å². The molecule has 0 atom stereocenters. The van der Waals surface area contributed by atoms with Crippen molar-refractivity contribution < 1.29 is 4.79 Å². The molecule has 0 aliphatic rings. The summed E-state index contributed by atoms with van der Waals surface area (Å²) in [7, 11) is 0. The van der Waals surface area contributed by atoms with Gasteiger partial charge in [0.15, 0.2) is 0 Å². The molecular weight excluding hydrogens is 150 g/mol. The quantitative estimate of drug-likeness (QED) is 0.479. The fourth-order valence-corrected chi connectivity index (χ4v) is 0.876. The third-order valence-electron chi connectivity index (χ3n) is 1.30. The fourth-order valence-electron chi connectivity index (χ4n) is 0.743. The maximum absolute atomic E-state index is 10.4. The Morgan fingerprint density at radius 3 is 2.60 bits per heavy atom. The molecule has 0 aromatic rings. The van der Waals surface area contributed by atoms with E-state index in [2.05, 4.69) is 4.84 Å². The van der Waals surface area contributed by atoms with E-state index in [0.717, 1.165) is 25.8 Å². The van der Waals surface area contributed by atoms with E-state index in [1.54, 1.807) is 6.92 Å². The van der Waals surface area contributed by atoms with Crippen LogP contribution in [0.25, 0.3) is 0 Å². The van der Waals surface area contributed by atoms with Crippen LogP contribution in [0.4, 0.5) is 0 Å². The van der Waals surface area contributed by atoms with Crippen LogP contribution in [-0.2, 0) is 4.79 Å². The molecule has 2 nitrogen and oxygen atoms in total. The first-order valence-electron chi connectivity index (χ1n) is 3.60. The molecule has 10 heavy (non-hydrogen) atoms. The Kier molecular flexibility index (Phi) is 6.98. The monoisotopic (exact) mass is 163 g/mol. The first-order valence-corrected chi connectivity index (χ1v) is 3.98. The summed E-state index contributed by atoms with van der Waals surface area (Å²) in [5.74, 6) is 0.277. The second kappa shape index (κ2) is 7.03. The molecule has 0 radical (unpaired) electrons. The van der Waals surface area contributed by atoms with Crippen LogP contribution in [0.2, 0.25) is 0 Å². The van der Waals surface area contributed by atoms with Crippen molar-refractivity contribution in [2.45, 2.75) is 32.6 Å². The SMILES string of the molecule is CC(=O)CCCCCNCl. The lowest BCUT2D eigenvalue weighted by Gasteiger charge is -1.96. The number of unbranched alkanes of at least 4 members (excludes halogenated alkanes) is 2. The minimum atomic E-state index is 0.277. The van der Waals surface area contributed by atoms with Crippen molar-refractivity contribution in [2.75, 3.05) is 6.54 Å². The maximum atomic E-state index is 10.4. The number of nitrogens with one attached hydrogen (secondary N) is 1. The molecule has 0 rings (SSSR count). The highest BCUT2D eigenvalue weighted by Crippen LogP contribution is 1.99. The van der Waals surface area contributed by atoms with E-state index in [-0.39, 0.29) is 5.78 Å². The lowest BCUT2D eigenvalue weighted by atomic mass is 10.1. The van der Waals surface area contributed by atoms with E-state index in [0.29, 0.717) is 6.42 Å². The Bertz CT molecular complexity index is 95.6. The van der Waals surface area contributed by atoms with Crippen molar-refractivity contribution in [3.8, 4) is 0 Å². The summed E-state index contributed by atoms with van der Waals surface area (Å²) in [4.78, 5) is 13.0. The van der Waals surface area contributed by atoms with Gasteiger partial charge in [-0.05, 0) is 31.5 Å². The van der Waals surface area contributed by atoms with Gasteiger partial charge < -0.3 is 4.79 Å². The highest BCUT2D eigenvalue weighted by molar-refractivity contribution is 6.13. The van der Waals surface area contributed by atoms with E-state index in [1.807, 2.05) is 0 Å². The molecule has 0 amide bonds. The van der Waals surface area contributed by atoms with Crippen LogP contribution in [-0.4, -0.2) is 12.3 Å². The third kappa shape index (κ3) is 7.92. The molecule has 60 valence electrons. The lowest BCUT2D eigenvalue weighted by Crippen LogP contribution is -2.00. The van der Waals surface area contributed by atoms with Gasteiger partial charge in [0.2, 0.25) is 0 Å². The molecule has 1 N–H and O–H groups in total. The fraction of sp³-hybridized carbons (Fsp3) is 0.857. The number of carbonyl (C=O) groups is 1. The molecule has 0 aromatic heterocycles. The highest BCUT2D eigenvalue weighted by atomic mass is 35.5. The molecule has 0 spiro atoms. The maximum Gasteiger partial charge on any atom is 0.129 e. The summed E-state index contributed by atoms with van der Waals surface area (Å²) >= 11 is 5.23. The first kappa shape index (κ1) is 9.92. The number of halogens is 1. The Morgan fingerprint density at radius 2 is 2.10 bits per heavy atom. The van der Waals surface area contributed by atoms with Crippen molar-refractivity contribution in [2.24, 2.45) is 0 Å². The number of carbonyl (C=O) groups excluding carboxylic acids is 1. The summed E-state index contributed by atoms with van der Waals surface area (Å²) in [5.41, 5.74) is 0. The minimum absolute atomic E-state index is 0.277. The largest absolute Gasteiger partial charge is 0.300 e. The molecule has 0 unspecified atom stereocenters. The molecule has 0 saturated heterocycles. The molecule has 0 aliphatic heterocycles. The van der Waals surface area contributed by atoms with Crippen molar-refractivity contribution in [1.29, 1.82) is 0 Å². The van der Waals surface area contributed by atoms with Gasteiger partial charge in [-0.25, -0.2) is 4.84 Å². The standard InChI is InChI=1S/C7H14ClNO/c1-7(10)5-3-2-4-6-9-8/h9H,2-6H2,1H3. The molecule has 0 aliphatic carbocycles. The Labute approximate surface area is 67.1 Å². The predicted molar refractivity (Wildman–Crippen MR) is 43.0 cm³/mol. The number of Topliss-reactive ketones (excluding diaryl/α,β-unsaturated/α-hetero) is 1. The normalized spacial score (nSPS) is 9.80. The number of rotatable bonds is 6. The summed E-state index contributed by atoms with van der Waals surface area (Å²) in [5, 5.41) is 0. The summed E-state index contributed by atoms with van der Waals surface area (Å²) < 4.78 is 0. The molecule has 0 heterocycles. The van der Waals surface area contributed by atoms with Gasteiger partial charge >= 0.3 is 0 Å². The second-order valence-electron chi connectivity index (χ2n) is 2.40. The zero-order valence-corrected chi connectivity index (χ0v) is 7.08. The van der Waals surface area contributed by atoms with Crippen molar-refractivity contribution in [3.05, 3.63) is 0 Å². The Balaban J connectivity index is 2.84. The van der Waals surface area contributed by atoms with Crippen LogP contribution in [0.1, 0.15) is 32.6 Å². The summed E-state index contributed by atoms with van der Waals surface area (Å²) in [6.07, 6.45) is 3.84. The number of ketones is 1. The van der Waals surface area contributed by atoms with Crippen molar-refractivity contribution in [1.82, 2.24) is 4.84 Å². The average Bonchev–Trinajstić information content (AvgIpc) is 1.87. The van der Waals surface area contributed by atoms with Gasteiger partial charge in [-0.2, -0.15) is 0 Å². The van der Waals surface area contributed by atoms with Gasteiger partial charge in [-0.1, -0.05) is 6.42 Å². The van der Waals surface area contributed by atoms with E-state index in [4.69, 9.17) is 11.8 Å². The predicted octanol–water partition coefficient (Wildman–Crippen LogP) is 1.88. The smallest absolute Gasteiger partial charge is 0.129 e. The van der Waals surface area contributed by atoms with Gasteiger partial charge in [-0.15, -0.1) is 0 Å². The molecule has 0 aromatic carbocycles. The molecule has 3 heteroatoms. The zero-order chi connectivity index (χ0) is 7.82. The first-order chi connectivity index (χ1) is 4.77. The molecule has 0 bridgehead atoms. The van der Waals surface area contributed by atoms with Crippen LogP contribution in [0.5, 0.6) is 0 Å². The molecule has 0 fully saturated rings. The summed E-state index contributed by atoms with van der Waals surface area (Å²) in [6.45, 7) is 2.46. The van der Waals surface area contributed by atoms with Gasteiger partial charge in [0.25, 0.3) is 0 Å². The lowest BCUT2D eigenvalue weighted by molar-refractivity contribution is -0.117. The van der Waals surface area contributed by atoms with Crippen LogP contribution in [0.15, 0.2) is 0 Å². The van der Waals surface area contributed by atoms with E-state index in [9.17, 15) is 4.79 Å². The van der Waals surface area contributed by atoms with Gasteiger partial charge in [0.05, 0.1) is 0 Å². The summed E-state index contributed by atoms with van der Waals surface area (Å²) in [6, 6.07) is 0. The Hall–Kier alpha value is -0.0800. The van der Waals surface area contributed by atoms with Gasteiger partial charge in [0, 0.05) is 13.0 Å². The van der Waals surface area contributed by atoms with Crippen LogP contribution in [0.3, 0.4) is 0 Å². The van der Waals surface area contributed by atoms with E-state index >= 15 is 0 Å². The minimum Gasteiger partial charge on any atom is -0.300 e. The van der Waals surface area contributed by atoms with Gasteiger partial charge in [-0.3, -0.25) is 0 Å². The zero-order valence-electron chi connectivity index (χ0n) is 6.32. The van der Waals surface area contributed by atoms with E-state index < -0.39 is 0 Å². The van der Waals surface area contributed by atoms with Crippen molar-refractivity contribution in [3.63, 3.8) is 0 Å². The third-order valence-corrected chi connectivity index (χ3v) is 1.49. The number of hydrogen-bond acceptors (Lipinski definition) is 2. The molecule has 0 saturated carbocycles. The van der Waals surface area contributed by atoms with E-state index in [1.165, 1.54) is 0 Å². The second-order valence-corrected chi connectivity index (χ2v) is 2.66. The van der Waals surface area contributed by atoms with Crippen molar-refractivity contribution >= 4 is 17.6 Å². The van der Waals surface area contributed by atoms with Crippen LogP contribution >= 0.6 is 11.8 Å².